The summed E-state index contributed by atoms with van der Waals surface area (Å²) in [4.78, 5) is 37.4. The Labute approximate surface area is 159 Å². The molecule has 0 spiro atoms. The summed E-state index contributed by atoms with van der Waals surface area (Å²) in [6.07, 6.45) is 0. The quantitative estimate of drug-likeness (QED) is 0.366. The summed E-state index contributed by atoms with van der Waals surface area (Å²) in [5.74, 6) is -0.532. The van der Waals surface area contributed by atoms with Crippen LogP contribution in [0.1, 0.15) is 25.7 Å². The number of rotatable bonds is 6. The highest BCUT2D eigenvalue weighted by Crippen LogP contribution is 2.22. The first-order chi connectivity index (χ1) is 12.8. The van der Waals surface area contributed by atoms with Crippen LogP contribution in [-0.2, 0) is 9.53 Å². The van der Waals surface area contributed by atoms with E-state index in [-0.39, 0.29) is 19.0 Å². The Morgan fingerprint density at radius 1 is 1.07 bits per heavy atom. The van der Waals surface area contributed by atoms with Gasteiger partial charge >= 0.3 is 11.6 Å². The average Bonchev–Trinajstić information content (AvgIpc) is 2.95. The van der Waals surface area contributed by atoms with E-state index in [2.05, 4.69) is 0 Å². The monoisotopic (exact) mass is 386 g/mol. The Morgan fingerprint density at radius 2 is 1.85 bits per heavy atom. The van der Waals surface area contributed by atoms with E-state index in [9.17, 15) is 14.4 Å². The third kappa shape index (κ3) is 4.43. The number of ether oxygens (including phenoxy) is 2. The lowest BCUT2D eigenvalue weighted by Crippen LogP contribution is -2.19. The van der Waals surface area contributed by atoms with Crippen molar-refractivity contribution >= 4 is 34.1 Å². The van der Waals surface area contributed by atoms with Gasteiger partial charge in [0.15, 0.2) is 13.2 Å². The number of benzene rings is 1. The van der Waals surface area contributed by atoms with Crippen molar-refractivity contribution in [2.45, 2.75) is 20.8 Å². The molecule has 0 saturated carbocycles. The van der Waals surface area contributed by atoms with Gasteiger partial charge in [-0.05, 0) is 44.5 Å². The minimum atomic E-state index is -0.654. The van der Waals surface area contributed by atoms with Gasteiger partial charge in [0.25, 0.3) is 0 Å². The van der Waals surface area contributed by atoms with Crippen molar-refractivity contribution in [1.29, 1.82) is 0 Å². The first-order valence-electron chi connectivity index (χ1n) is 8.26. The summed E-state index contributed by atoms with van der Waals surface area (Å²) in [5, 5.41) is 0.788. The predicted octanol–water partition coefficient (Wildman–Crippen LogP) is 3.58. The van der Waals surface area contributed by atoms with Crippen molar-refractivity contribution in [3.05, 3.63) is 61.6 Å². The van der Waals surface area contributed by atoms with E-state index < -0.39 is 11.6 Å². The Morgan fingerprint density at radius 3 is 2.56 bits per heavy atom. The van der Waals surface area contributed by atoms with E-state index in [1.165, 1.54) is 17.4 Å². The van der Waals surface area contributed by atoms with Gasteiger partial charge in [0.1, 0.15) is 11.3 Å². The Kier molecular flexibility index (Phi) is 5.41. The molecule has 0 saturated heterocycles. The van der Waals surface area contributed by atoms with Crippen LogP contribution in [0.5, 0.6) is 5.75 Å². The second-order valence-electron chi connectivity index (χ2n) is 6.11. The van der Waals surface area contributed by atoms with Gasteiger partial charge in [-0.25, -0.2) is 9.59 Å². The van der Waals surface area contributed by atoms with Gasteiger partial charge in [-0.15, -0.1) is 11.3 Å². The zero-order chi connectivity index (χ0) is 19.6. The Balaban J connectivity index is 1.57. The number of hydrogen-bond acceptors (Lipinski definition) is 7. The molecule has 1 aromatic carbocycles. The molecule has 7 heteroatoms. The van der Waals surface area contributed by atoms with Gasteiger partial charge in [-0.3, -0.25) is 4.79 Å². The number of thiophene rings is 1. The Hall–Kier alpha value is -2.93. The number of carbonyl (C=O) groups is 2. The van der Waals surface area contributed by atoms with Crippen LogP contribution in [-0.4, -0.2) is 25.0 Å². The fourth-order valence-electron chi connectivity index (χ4n) is 2.71. The molecular formula is C20H18O6S. The molecule has 0 fully saturated rings. The van der Waals surface area contributed by atoms with Crippen LogP contribution in [0.3, 0.4) is 0 Å². The summed E-state index contributed by atoms with van der Waals surface area (Å²) in [7, 11) is 0. The highest BCUT2D eigenvalue weighted by molar-refractivity contribution is 7.12. The summed E-state index contributed by atoms with van der Waals surface area (Å²) in [5.41, 5.74) is 1.30. The molecule has 2 heterocycles. The normalized spacial score (nSPS) is 10.8. The zero-order valence-corrected chi connectivity index (χ0v) is 16.0. The van der Waals surface area contributed by atoms with Crippen LogP contribution in [0.25, 0.3) is 11.0 Å². The van der Waals surface area contributed by atoms with Gasteiger partial charge in [0.2, 0.25) is 5.78 Å². The predicted molar refractivity (Wildman–Crippen MR) is 102 cm³/mol. The fraction of sp³-hybridized carbons (Fsp3) is 0.250. The van der Waals surface area contributed by atoms with Gasteiger partial charge in [0.05, 0.1) is 0 Å². The van der Waals surface area contributed by atoms with E-state index >= 15 is 0 Å². The molecule has 3 aromatic rings. The molecule has 0 radical (unpaired) electrons. The lowest BCUT2D eigenvalue weighted by Gasteiger charge is -2.08. The van der Waals surface area contributed by atoms with E-state index in [1.807, 2.05) is 20.8 Å². The maximum atomic E-state index is 12.1. The molecule has 0 aliphatic carbocycles. The SMILES string of the molecule is Cc1cc(C(=O)COC(=O)COc2ccc3c(C)cc(=O)oc3c2)c(C)s1. The third-order valence-corrected chi connectivity index (χ3v) is 4.95. The first-order valence-corrected chi connectivity index (χ1v) is 9.08. The van der Waals surface area contributed by atoms with E-state index in [4.69, 9.17) is 13.9 Å². The topological polar surface area (TPSA) is 82.8 Å². The number of carbonyl (C=O) groups excluding carboxylic acids is 2. The van der Waals surface area contributed by atoms with Crippen molar-refractivity contribution in [3.63, 3.8) is 0 Å². The highest BCUT2D eigenvalue weighted by atomic mass is 32.1. The second-order valence-corrected chi connectivity index (χ2v) is 7.57. The smallest absolute Gasteiger partial charge is 0.344 e. The van der Waals surface area contributed by atoms with E-state index in [0.717, 1.165) is 20.7 Å². The number of ketones is 1. The minimum Gasteiger partial charge on any atom is -0.482 e. The number of esters is 1. The van der Waals surface area contributed by atoms with Crippen molar-refractivity contribution in [3.8, 4) is 5.75 Å². The van der Waals surface area contributed by atoms with Crippen molar-refractivity contribution in [2.24, 2.45) is 0 Å². The minimum absolute atomic E-state index is 0.242. The lowest BCUT2D eigenvalue weighted by molar-refractivity contribution is -0.144. The van der Waals surface area contributed by atoms with Gasteiger partial charge in [0, 0.05) is 32.8 Å². The molecule has 0 aliphatic heterocycles. The second kappa shape index (κ2) is 7.75. The van der Waals surface area contributed by atoms with E-state index in [1.54, 1.807) is 24.3 Å². The average molecular weight is 386 g/mol. The van der Waals surface area contributed by atoms with Gasteiger partial charge < -0.3 is 13.9 Å². The van der Waals surface area contributed by atoms with Gasteiger partial charge in [-0.1, -0.05) is 0 Å². The molecular weight excluding hydrogens is 368 g/mol. The first kappa shape index (κ1) is 18.8. The van der Waals surface area contributed by atoms with Crippen LogP contribution < -0.4 is 10.4 Å². The molecule has 0 amide bonds. The highest BCUT2D eigenvalue weighted by Gasteiger charge is 2.15. The molecule has 3 rings (SSSR count). The number of Topliss-reactive ketones (excluding diaryl/α,β-unsaturated/α-hetero) is 1. The standard InChI is InChI=1S/C20H18O6S/c1-11-6-19(22)26-18-8-14(4-5-15(11)18)24-10-20(23)25-9-17(21)16-7-12(2)27-13(16)3/h4-8H,9-10H2,1-3H3. The number of fused-ring (bicyclic) bond motifs is 1. The summed E-state index contributed by atoms with van der Waals surface area (Å²) in [6, 6.07) is 8.16. The summed E-state index contributed by atoms with van der Waals surface area (Å²) < 4.78 is 15.5. The third-order valence-electron chi connectivity index (χ3n) is 3.99. The molecule has 0 atom stereocenters. The number of aryl methyl sites for hydroxylation is 3. The van der Waals surface area contributed by atoms with Crippen LogP contribution in [0.15, 0.2) is 39.5 Å². The van der Waals surface area contributed by atoms with E-state index in [0.29, 0.717) is 16.9 Å². The van der Waals surface area contributed by atoms with Crippen LogP contribution in [0.2, 0.25) is 0 Å². The van der Waals surface area contributed by atoms with Crippen LogP contribution in [0.4, 0.5) is 0 Å². The van der Waals surface area contributed by atoms with Crippen LogP contribution in [0, 0.1) is 20.8 Å². The summed E-state index contributed by atoms with van der Waals surface area (Å²) in [6.45, 7) is 4.91. The molecule has 27 heavy (non-hydrogen) atoms. The van der Waals surface area contributed by atoms with Crippen molar-refractivity contribution < 1.29 is 23.5 Å². The molecule has 0 aliphatic rings. The molecule has 2 aromatic heterocycles. The molecule has 0 N–H and O–H groups in total. The van der Waals surface area contributed by atoms with Gasteiger partial charge in [-0.2, -0.15) is 0 Å². The largest absolute Gasteiger partial charge is 0.482 e. The molecule has 0 bridgehead atoms. The van der Waals surface area contributed by atoms with Crippen molar-refractivity contribution in [2.75, 3.05) is 13.2 Å². The maximum Gasteiger partial charge on any atom is 0.344 e. The number of hydrogen-bond donors (Lipinski definition) is 0. The Bertz CT molecular complexity index is 1080. The molecule has 0 unspecified atom stereocenters. The lowest BCUT2D eigenvalue weighted by atomic mass is 10.1. The zero-order valence-electron chi connectivity index (χ0n) is 15.2. The summed E-state index contributed by atoms with van der Waals surface area (Å²) >= 11 is 1.53. The maximum absolute atomic E-state index is 12.1. The molecule has 6 nitrogen and oxygen atoms in total. The van der Waals surface area contributed by atoms with Crippen LogP contribution >= 0.6 is 11.3 Å². The molecule has 140 valence electrons. The van der Waals surface area contributed by atoms with Crippen molar-refractivity contribution in [1.82, 2.24) is 0 Å². The fourth-order valence-corrected chi connectivity index (χ4v) is 3.65.